The number of nitrogens with two attached hydrogens (primary N) is 1. The summed E-state index contributed by atoms with van der Waals surface area (Å²) in [6.07, 6.45) is 3.48. The number of ether oxygens (including phenoxy) is 1. The number of carbonyl (C=O) groups excluding carboxylic acids is 2. The lowest BCUT2D eigenvalue weighted by molar-refractivity contribution is -0.142. The molecule has 0 bridgehead atoms. The highest BCUT2D eigenvalue weighted by molar-refractivity contribution is 5.88. The molecule has 79 valence electrons. The van der Waals surface area contributed by atoms with Gasteiger partial charge in [-0.05, 0) is 19.3 Å². The van der Waals surface area contributed by atoms with E-state index in [2.05, 4.69) is 0 Å². The Morgan fingerprint density at radius 1 is 1.64 bits per heavy atom. The second-order valence-electron chi connectivity index (χ2n) is 3.25. The molecular formula is C9H15N2O3. The second kappa shape index (κ2) is 4.95. The minimum Gasteiger partial charge on any atom is -0.375 e. The number of likely N-dealkylation sites (tertiary alicyclic amines) is 1. The van der Waals surface area contributed by atoms with Crippen molar-refractivity contribution in [1.29, 1.82) is 0 Å². The van der Waals surface area contributed by atoms with Crippen LogP contribution in [0.15, 0.2) is 0 Å². The van der Waals surface area contributed by atoms with Crippen molar-refractivity contribution in [2.24, 2.45) is 5.73 Å². The number of hydrogen-bond acceptors (Lipinski definition) is 3. The van der Waals surface area contributed by atoms with Crippen molar-refractivity contribution in [3.8, 4) is 0 Å². The van der Waals surface area contributed by atoms with E-state index in [1.165, 1.54) is 12.0 Å². The lowest BCUT2D eigenvalue weighted by Crippen LogP contribution is -2.51. The van der Waals surface area contributed by atoms with E-state index in [0.717, 1.165) is 12.8 Å². The van der Waals surface area contributed by atoms with Crippen LogP contribution in [-0.2, 0) is 14.3 Å². The van der Waals surface area contributed by atoms with Crippen molar-refractivity contribution in [2.75, 3.05) is 20.3 Å². The van der Waals surface area contributed by atoms with Gasteiger partial charge in [0.1, 0.15) is 12.6 Å². The zero-order chi connectivity index (χ0) is 10.6. The predicted octanol–water partition coefficient (Wildman–Crippen LogP) is -0.687. The minimum absolute atomic E-state index is 0.00236. The van der Waals surface area contributed by atoms with Crippen LogP contribution in [0.25, 0.3) is 0 Å². The first-order valence-electron chi connectivity index (χ1n) is 4.58. The molecule has 0 aromatic carbocycles. The van der Waals surface area contributed by atoms with Gasteiger partial charge in [0.25, 0.3) is 0 Å². The third-order valence-corrected chi connectivity index (χ3v) is 2.21. The fraction of sp³-hybridized carbons (Fsp3) is 0.667. The molecule has 1 atom stereocenters. The Morgan fingerprint density at radius 3 is 2.93 bits per heavy atom. The van der Waals surface area contributed by atoms with Crippen LogP contribution in [-0.4, -0.2) is 43.0 Å². The van der Waals surface area contributed by atoms with Crippen LogP contribution in [0.1, 0.15) is 12.8 Å². The highest BCUT2D eigenvalue weighted by Crippen LogP contribution is 2.15. The molecule has 14 heavy (non-hydrogen) atoms. The molecule has 0 aliphatic carbocycles. The number of carbonyl (C=O) groups is 2. The number of nitrogens with zero attached hydrogens (tertiary/aromatic N) is 1. The van der Waals surface area contributed by atoms with Gasteiger partial charge in [-0.15, -0.1) is 0 Å². The maximum Gasteiger partial charge on any atom is 0.249 e. The third kappa shape index (κ3) is 2.45. The highest BCUT2D eigenvalue weighted by Gasteiger charge is 2.30. The molecule has 0 spiro atoms. The first-order chi connectivity index (χ1) is 6.66. The lowest BCUT2D eigenvalue weighted by Gasteiger charge is -2.33. The third-order valence-electron chi connectivity index (χ3n) is 2.21. The normalized spacial score (nSPS) is 22.1. The van der Waals surface area contributed by atoms with Crippen molar-refractivity contribution in [3.05, 3.63) is 6.42 Å². The van der Waals surface area contributed by atoms with Gasteiger partial charge >= 0.3 is 0 Å². The first-order valence-corrected chi connectivity index (χ1v) is 4.58. The monoisotopic (exact) mass is 199 g/mol. The fourth-order valence-corrected chi connectivity index (χ4v) is 1.56. The quantitative estimate of drug-likeness (QED) is 0.654. The van der Waals surface area contributed by atoms with Gasteiger partial charge < -0.3 is 15.4 Å². The number of piperidine rings is 1. The smallest absolute Gasteiger partial charge is 0.249 e. The van der Waals surface area contributed by atoms with Crippen LogP contribution >= 0.6 is 0 Å². The van der Waals surface area contributed by atoms with Gasteiger partial charge in [0, 0.05) is 13.7 Å². The summed E-state index contributed by atoms with van der Waals surface area (Å²) >= 11 is 0. The molecule has 2 N–H and O–H groups in total. The Kier molecular flexibility index (Phi) is 3.88. The summed E-state index contributed by atoms with van der Waals surface area (Å²) in [5.74, 6) is -0.665. The zero-order valence-electron chi connectivity index (χ0n) is 8.23. The van der Waals surface area contributed by atoms with Gasteiger partial charge in [0.15, 0.2) is 0 Å². The molecule has 1 aliphatic heterocycles. The van der Waals surface area contributed by atoms with Crippen molar-refractivity contribution in [3.63, 3.8) is 0 Å². The Bertz CT molecular complexity index is 230. The molecule has 1 fully saturated rings. The SMILES string of the molecule is COCC(=O)N1CCC[CH][C@H]1C(N)=O. The Hall–Kier alpha value is -1.10. The van der Waals surface area contributed by atoms with Gasteiger partial charge in [0.2, 0.25) is 11.8 Å². The van der Waals surface area contributed by atoms with Crippen LogP contribution in [0.3, 0.4) is 0 Å². The zero-order valence-corrected chi connectivity index (χ0v) is 8.23. The maximum absolute atomic E-state index is 11.5. The van der Waals surface area contributed by atoms with E-state index in [1.54, 1.807) is 6.42 Å². The lowest BCUT2D eigenvalue weighted by atomic mass is 10.0. The van der Waals surface area contributed by atoms with Crippen molar-refractivity contribution >= 4 is 11.8 Å². The van der Waals surface area contributed by atoms with Gasteiger partial charge in [-0.25, -0.2) is 0 Å². The maximum atomic E-state index is 11.5. The number of rotatable bonds is 3. The topological polar surface area (TPSA) is 72.6 Å². The predicted molar refractivity (Wildman–Crippen MR) is 50.1 cm³/mol. The molecule has 1 rings (SSSR count). The fourth-order valence-electron chi connectivity index (χ4n) is 1.56. The Labute approximate surface area is 83.2 Å². The molecule has 0 saturated carbocycles. The number of primary amides is 1. The van der Waals surface area contributed by atoms with Crippen LogP contribution in [0.4, 0.5) is 0 Å². The molecule has 0 aromatic rings. The molecule has 1 heterocycles. The molecule has 0 unspecified atom stereocenters. The molecule has 1 radical (unpaired) electrons. The highest BCUT2D eigenvalue weighted by atomic mass is 16.5. The average Bonchev–Trinajstić information content (AvgIpc) is 2.18. The van der Waals surface area contributed by atoms with Gasteiger partial charge in [0.05, 0.1) is 0 Å². The molecular weight excluding hydrogens is 184 g/mol. The van der Waals surface area contributed by atoms with E-state index in [0.29, 0.717) is 6.54 Å². The molecule has 0 aromatic heterocycles. The molecule has 5 heteroatoms. The summed E-state index contributed by atoms with van der Waals surface area (Å²) in [6.45, 7) is 0.573. The second-order valence-corrected chi connectivity index (χ2v) is 3.25. The summed E-state index contributed by atoms with van der Waals surface area (Å²) in [5.41, 5.74) is 5.19. The van der Waals surface area contributed by atoms with E-state index in [4.69, 9.17) is 10.5 Å². The molecule has 1 saturated heterocycles. The Morgan fingerprint density at radius 2 is 2.36 bits per heavy atom. The van der Waals surface area contributed by atoms with Crippen molar-refractivity contribution < 1.29 is 14.3 Å². The summed E-state index contributed by atoms with van der Waals surface area (Å²) < 4.78 is 4.73. The average molecular weight is 199 g/mol. The summed E-state index contributed by atoms with van der Waals surface area (Å²) in [7, 11) is 1.45. The van der Waals surface area contributed by atoms with Gasteiger partial charge in [-0.2, -0.15) is 0 Å². The van der Waals surface area contributed by atoms with Crippen molar-refractivity contribution in [2.45, 2.75) is 18.9 Å². The summed E-state index contributed by atoms with van der Waals surface area (Å²) in [6, 6.07) is -0.564. The molecule has 1 aliphatic rings. The largest absolute Gasteiger partial charge is 0.375 e. The number of hydrogen-bond donors (Lipinski definition) is 1. The van der Waals surface area contributed by atoms with Crippen molar-refractivity contribution in [1.82, 2.24) is 4.90 Å². The van der Waals surface area contributed by atoms with Gasteiger partial charge in [-0.3, -0.25) is 9.59 Å². The van der Waals surface area contributed by atoms with Crippen LogP contribution in [0.5, 0.6) is 0 Å². The van der Waals surface area contributed by atoms with E-state index in [1.807, 2.05) is 0 Å². The summed E-state index contributed by atoms with van der Waals surface area (Å²) in [5, 5.41) is 0. The molecule has 5 nitrogen and oxygen atoms in total. The molecule has 2 amide bonds. The van der Waals surface area contributed by atoms with Crippen LogP contribution < -0.4 is 5.73 Å². The number of amides is 2. The van der Waals surface area contributed by atoms with E-state index in [9.17, 15) is 9.59 Å². The number of methoxy groups -OCH3 is 1. The first kappa shape index (κ1) is 11.0. The van der Waals surface area contributed by atoms with Crippen LogP contribution in [0, 0.1) is 6.42 Å². The summed E-state index contributed by atoms with van der Waals surface area (Å²) in [4.78, 5) is 24.0. The van der Waals surface area contributed by atoms with Gasteiger partial charge in [-0.1, -0.05) is 0 Å². The van der Waals surface area contributed by atoms with Crippen LogP contribution in [0.2, 0.25) is 0 Å². The Balaban J connectivity index is 2.62. The van der Waals surface area contributed by atoms with E-state index < -0.39 is 11.9 Å². The van der Waals surface area contributed by atoms with E-state index >= 15 is 0 Å². The minimum atomic E-state index is -0.564. The standard InChI is InChI=1S/C9H15N2O3/c1-14-6-8(12)11-5-3-2-4-7(11)9(10)13/h4,7H,2-3,5-6H2,1H3,(H2,10,13)/t7-/m0/s1. The van der Waals surface area contributed by atoms with E-state index in [-0.39, 0.29) is 12.5 Å².